The van der Waals surface area contributed by atoms with Crippen LogP contribution in [-0.4, -0.2) is 21.0 Å². The molecule has 0 saturated carbocycles. The van der Waals surface area contributed by atoms with Gasteiger partial charge in [-0.1, -0.05) is 0 Å². The minimum Gasteiger partial charge on any atom is -0.506 e. The third-order valence-electron chi connectivity index (χ3n) is 2.27. The maximum absolute atomic E-state index is 10.5. The molecule has 2 aromatic heterocycles. The van der Waals surface area contributed by atoms with Crippen molar-refractivity contribution >= 4 is 37.8 Å². The van der Waals surface area contributed by atoms with Crippen molar-refractivity contribution in [3.05, 3.63) is 44.9 Å². The van der Waals surface area contributed by atoms with Crippen LogP contribution < -0.4 is 4.74 Å². The van der Waals surface area contributed by atoms with E-state index < -0.39 is 0 Å². The molecule has 0 bridgehead atoms. The highest BCUT2D eigenvalue weighted by Crippen LogP contribution is 2.19. The van der Waals surface area contributed by atoms with Crippen molar-refractivity contribution in [3.63, 3.8) is 0 Å². The number of esters is 1. The van der Waals surface area contributed by atoms with E-state index in [2.05, 4.69) is 41.8 Å². The Morgan fingerprint density at radius 1 is 1.10 bits per heavy atom. The molecule has 5 nitrogen and oxygen atoms in total. The van der Waals surface area contributed by atoms with E-state index in [4.69, 9.17) is 9.84 Å². The second-order valence-corrected chi connectivity index (χ2v) is 5.80. The summed E-state index contributed by atoms with van der Waals surface area (Å²) in [7, 11) is 0. The molecule has 7 heteroatoms. The molecule has 0 atom stereocenters. The maximum atomic E-state index is 10.5. The van der Waals surface area contributed by atoms with Gasteiger partial charge in [0, 0.05) is 15.9 Å². The normalized spacial score (nSPS) is 9.57. The van der Waals surface area contributed by atoms with Crippen LogP contribution in [0.2, 0.25) is 0 Å². The number of hydrogen-bond donors (Lipinski definition) is 1. The summed E-state index contributed by atoms with van der Waals surface area (Å²) in [5.41, 5.74) is 1.75. The van der Waals surface area contributed by atoms with Crippen molar-refractivity contribution in [2.75, 3.05) is 0 Å². The standard InChI is InChI=1S/C8H8BrNO2.C6H6BrNO/c1-5-8(9)3-7(4-10-5)12-6(2)11;1-4-6(7)2-5(9)3-8-4/h3-4H,1-2H3;2-3,9H,1H3. The lowest BCUT2D eigenvalue weighted by atomic mass is 10.4. The van der Waals surface area contributed by atoms with Crippen molar-refractivity contribution in [1.82, 2.24) is 9.97 Å². The van der Waals surface area contributed by atoms with Crippen LogP contribution in [0.3, 0.4) is 0 Å². The number of hydrogen-bond acceptors (Lipinski definition) is 5. The van der Waals surface area contributed by atoms with Gasteiger partial charge in [-0.2, -0.15) is 0 Å². The fourth-order valence-electron chi connectivity index (χ4n) is 1.21. The number of rotatable bonds is 1. The average molecular weight is 418 g/mol. The molecule has 0 amide bonds. The van der Waals surface area contributed by atoms with Gasteiger partial charge >= 0.3 is 5.97 Å². The minimum atomic E-state index is -0.340. The lowest BCUT2D eigenvalue weighted by Gasteiger charge is -2.01. The summed E-state index contributed by atoms with van der Waals surface area (Å²) >= 11 is 6.51. The fourth-order valence-corrected chi connectivity index (χ4v) is 1.87. The zero-order valence-electron chi connectivity index (χ0n) is 11.7. The lowest BCUT2D eigenvalue weighted by molar-refractivity contribution is -0.131. The Kier molecular flexibility index (Phi) is 6.77. The zero-order valence-corrected chi connectivity index (χ0v) is 14.9. The monoisotopic (exact) mass is 416 g/mol. The number of ether oxygens (including phenoxy) is 1. The van der Waals surface area contributed by atoms with Crippen molar-refractivity contribution in [2.24, 2.45) is 0 Å². The molecular weight excluding hydrogens is 404 g/mol. The highest BCUT2D eigenvalue weighted by atomic mass is 79.9. The van der Waals surface area contributed by atoms with E-state index >= 15 is 0 Å². The summed E-state index contributed by atoms with van der Waals surface area (Å²) in [4.78, 5) is 18.4. The topological polar surface area (TPSA) is 72.3 Å². The predicted molar refractivity (Wildman–Crippen MR) is 86.3 cm³/mol. The van der Waals surface area contributed by atoms with Gasteiger partial charge in [-0.05, 0) is 57.8 Å². The number of carbonyl (C=O) groups is 1. The number of aromatic hydroxyl groups is 1. The number of pyridine rings is 2. The van der Waals surface area contributed by atoms with E-state index in [9.17, 15) is 4.79 Å². The quantitative estimate of drug-likeness (QED) is 0.711. The molecule has 0 radical (unpaired) electrons. The van der Waals surface area contributed by atoms with Crippen LogP contribution in [0.15, 0.2) is 33.5 Å². The van der Waals surface area contributed by atoms with Crippen LogP contribution >= 0.6 is 31.9 Å². The number of halogens is 2. The molecule has 0 fully saturated rings. The molecular formula is C14H14Br2N2O3. The summed E-state index contributed by atoms with van der Waals surface area (Å²) in [6.07, 6.45) is 2.93. The Labute approximate surface area is 139 Å². The molecule has 112 valence electrons. The van der Waals surface area contributed by atoms with E-state index in [-0.39, 0.29) is 11.7 Å². The molecule has 0 aliphatic rings. The molecule has 0 unspecified atom stereocenters. The van der Waals surface area contributed by atoms with Gasteiger partial charge in [-0.25, -0.2) is 0 Å². The molecule has 0 saturated heterocycles. The molecule has 2 heterocycles. The van der Waals surface area contributed by atoms with Crippen molar-refractivity contribution in [1.29, 1.82) is 0 Å². The molecule has 2 rings (SSSR count). The summed E-state index contributed by atoms with van der Waals surface area (Å²) in [6, 6.07) is 3.33. The Hall–Kier alpha value is -1.47. The van der Waals surface area contributed by atoms with Crippen LogP contribution in [0.25, 0.3) is 0 Å². The maximum Gasteiger partial charge on any atom is 0.308 e. The summed E-state index contributed by atoms with van der Waals surface area (Å²) < 4.78 is 6.49. The highest BCUT2D eigenvalue weighted by Gasteiger charge is 2.01. The molecule has 0 aliphatic heterocycles. The van der Waals surface area contributed by atoms with Gasteiger partial charge in [-0.15, -0.1) is 0 Å². The molecule has 0 spiro atoms. The Morgan fingerprint density at radius 2 is 1.62 bits per heavy atom. The van der Waals surface area contributed by atoms with E-state index in [1.165, 1.54) is 19.3 Å². The Bertz CT molecular complexity index is 648. The summed E-state index contributed by atoms with van der Waals surface area (Å²) in [5.74, 6) is 0.306. The Balaban J connectivity index is 0.000000219. The second-order valence-electron chi connectivity index (χ2n) is 4.09. The van der Waals surface area contributed by atoms with E-state index in [1.807, 2.05) is 13.8 Å². The lowest BCUT2D eigenvalue weighted by Crippen LogP contribution is -2.01. The van der Waals surface area contributed by atoms with Crippen LogP contribution in [0.4, 0.5) is 0 Å². The second kappa shape index (κ2) is 8.09. The van der Waals surface area contributed by atoms with Crippen LogP contribution in [0.1, 0.15) is 18.3 Å². The fraction of sp³-hybridized carbons (Fsp3) is 0.214. The van der Waals surface area contributed by atoms with E-state index in [0.717, 1.165) is 20.3 Å². The van der Waals surface area contributed by atoms with E-state index in [0.29, 0.717) is 5.75 Å². The van der Waals surface area contributed by atoms with Crippen molar-refractivity contribution < 1.29 is 14.6 Å². The summed E-state index contributed by atoms with van der Waals surface area (Å²) in [5, 5.41) is 8.85. The van der Waals surface area contributed by atoms with E-state index in [1.54, 1.807) is 12.1 Å². The van der Waals surface area contributed by atoms with Crippen molar-refractivity contribution in [2.45, 2.75) is 20.8 Å². The first-order chi connectivity index (χ1) is 9.79. The number of carbonyl (C=O) groups excluding carboxylic acids is 1. The van der Waals surface area contributed by atoms with Gasteiger partial charge in [0.2, 0.25) is 0 Å². The third kappa shape index (κ3) is 6.22. The number of aryl methyl sites for hydroxylation is 2. The van der Waals surface area contributed by atoms with Crippen LogP contribution in [-0.2, 0) is 4.79 Å². The van der Waals surface area contributed by atoms with Gasteiger partial charge in [0.25, 0.3) is 0 Å². The Morgan fingerprint density at radius 3 is 2.05 bits per heavy atom. The largest absolute Gasteiger partial charge is 0.506 e. The third-order valence-corrected chi connectivity index (χ3v) is 3.88. The first-order valence-corrected chi connectivity index (χ1v) is 7.50. The first-order valence-electron chi connectivity index (χ1n) is 5.91. The molecule has 2 aromatic rings. The van der Waals surface area contributed by atoms with Gasteiger partial charge in [0.05, 0.1) is 23.8 Å². The van der Waals surface area contributed by atoms with Gasteiger partial charge in [0.15, 0.2) is 0 Å². The van der Waals surface area contributed by atoms with Crippen LogP contribution in [0.5, 0.6) is 11.5 Å². The highest BCUT2D eigenvalue weighted by molar-refractivity contribution is 9.10. The zero-order chi connectivity index (χ0) is 16.0. The minimum absolute atomic E-state index is 0.187. The number of nitrogens with zero attached hydrogens (tertiary/aromatic N) is 2. The SMILES string of the molecule is CC(=O)Oc1cnc(C)c(Br)c1.Cc1ncc(O)cc1Br. The molecule has 21 heavy (non-hydrogen) atoms. The first kappa shape index (κ1) is 17.6. The smallest absolute Gasteiger partial charge is 0.308 e. The molecule has 0 aromatic carbocycles. The van der Waals surface area contributed by atoms with Gasteiger partial charge < -0.3 is 9.84 Å². The van der Waals surface area contributed by atoms with Gasteiger partial charge in [-0.3, -0.25) is 14.8 Å². The predicted octanol–water partition coefficient (Wildman–Crippen LogP) is 3.94. The van der Waals surface area contributed by atoms with Crippen LogP contribution in [0, 0.1) is 13.8 Å². The number of aromatic nitrogens is 2. The molecule has 1 N–H and O–H groups in total. The average Bonchev–Trinajstić information content (AvgIpc) is 2.39. The summed E-state index contributed by atoms with van der Waals surface area (Å²) in [6.45, 7) is 5.08. The molecule has 0 aliphatic carbocycles. The van der Waals surface area contributed by atoms with Crippen molar-refractivity contribution in [3.8, 4) is 11.5 Å². The van der Waals surface area contributed by atoms with Gasteiger partial charge in [0.1, 0.15) is 11.5 Å².